The van der Waals surface area contributed by atoms with E-state index < -0.39 is 0 Å². The molecule has 0 bridgehead atoms. The van der Waals surface area contributed by atoms with E-state index in [0.29, 0.717) is 5.75 Å². The molecule has 1 N–H and O–H groups in total. The smallest absolute Gasteiger partial charge is 0.244 e. The highest BCUT2D eigenvalue weighted by molar-refractivity contribution is 6.01. The number of amides is 1. The van der Waals surface area contributed by atoms with Crippen molar-refractivity contribution in [1.82, 2.24) is 5.32 Å². The molecule has 5 nitrogen and oxygen atoms in total. The van der Waals surface area contributed by atoms with Crippen LogP contribution in [-0.4, -0.2) is 26.2 Å². The monoisotopic (exact) mass is 407 g/mol. The van der Waals surface area contributed by atoms with Gasteiger partial charge in [0.15, 0.2) is 0 Å². The minimum atomic E-state index is -0.109. The van der Waals surface area contributed by atoms with Crippen LogP contribution < -0.4 is 14.8 Å². The van der Waals surface area contributed by atoms with Crippen LogP contribution in [-0.2, 0) is 4.79 Å². The fraction of sp³-hybridized carbons (Fsp3) is 0.320. The van der Waals surface area contributed by atoms with Crippen LogP contribution in [0.2, 0.25) is 0 Å². The summed E-state index contributed by atoms with van der Waals surface area (Å²) >= 11 is 0. The Morgan fingerprint density at radius 2 is 2.00 bits per heavy atom. The molecule has 1 amide bonds. The first kappa shape index (κ1) is 21.5. The zero-order valence-corrected chi connectivity index (χ0v) is 18.5. The van der Waals surface area contributed by atoms with Gasteiger partial charge in [0, 0.05) is 34.2 Å². The van der Waals surface area contributed by atoms with Gasteiger partial charge in [-0.15, -0.1) is 0 Å². The molecule has 0 aliphatic carbocycles. The van der Waals surface area contributed by atoms with E-state index in [0.717, 1.165) is 51.0 Å². The highest BCUT2D eigenvalue weighted by Gasteiger charge is 2.19. The van der Waals surface area contributed by atoms with Crippen molar-refractivity contribution >= 4 is 22.4 Å². The number of nitrogens with one attached hydrogen (secondary N) is 1. The van der Waals surface area contributed by atoms with Crippen LogP contribution in [0.25, 0.3) is 27.7 Å². The summed E-state index contributed by atoms with van der Waals surface area (Å²) < 4.78 is 17.0. The molecular formula is C25H29NO4. The molecule has 158 valence electrons. The first-order chi connectivity index (χ1) is 14.4. The second-order valence-electron chi connectivity index (χ2n) is 7.49. The van der Waals surface area contributed by atoms with Crippen LogP contribution in [0.3, 0.4) is 0 Å². The highest BCUT2D eigenvalue weighted by Crippen LogP contribution is 2.41. The van der Waals surface area contributed by atoms with Gasteiger partial charge in [-0.1, -0.05) is 19.1 Å². The largest absolute Gasteiger partial charge is 0.497 e. The van der Waals surface area contributed by atoms with Crippen molar-refractivity contribution in [2.75, 3.05) is 14.2 Å². The lowest BCUT2D eigenvalue weighted by Gasteiger charge is -2.14. The van der Waals surface area contributed by atoms with Crippen LogP contribution in [0, 0.1) is 6.92 Å². The number of hydrogen-bond acceptors (Lipinski definition) is 4. The second kappa shape index (κ2) is 9.08. The van der Waals surface area contributed by atoms with E-state index in [1.807, 2.05) is 58.0 Å². The molecule has 3 aromatic rings. The van der Waals surface area contributed by atoms with Gasteiger partial charge in [0.05, 0.1) is 20.5 Å². The summed E-state index contributed by atoms with van der Waals surface area (Å²) in [6, 6.07) is 10.0. The molecule has 1 heterocycles. The van der Waals surface area contributed by atoms with Gasteiger partial charge < -0.3 is 19.2 Å². The molecule has 0 fully saturated rings. The van der Waals surface area contributed by atoms with Gasteiger partial charge in [-0.25, -0.2) is 0 Å². The predicted molar refractivity (Wildman–Crippen MR) is 121 cm³/mol. The third-order valence-electron chi connectivity index (χ3n) is 5.40. The van der Waals surface area contributed by atoms with E-state index in [1.54, 1.807) is 26.6 Å². The van der Waals surface area contributed by atoms with Crippen molar-refractivity contribution in [3.63, 3.8) is 0 Å². The summed E-state index contributed by atoms with van der Waals surface area (Å²) in [6.07, 6.45) is 4.26. The van der Waals surface area contributed by atoms with Gasteiger partial charge in [-0.2, -0.15) is 0 Å². The standard InChI is InChI=1S/C25H29NO4/c1-7-16(3)26-23(27)11-15(2)20-13-21-22(18-9-8-10-19(12-18)28-5)14-30-25(21)17(4)24(20)29-6/h8-14,16H,7H2,1-6H3,(H,26,27)/b15-11+. The van der Waals surface area contributed by atoms with Gasteiger partial charge in [0.2, 0.25) is 5.91 Å². The fourth-order valence-electron chi connectivity index (χ4n) is 3.55. The summed E-state index contributed by atoms with van der Waals surface area (Å²) in [5.74, 6) is 1.38. The highest BCUT2D eigenvalue weighted by atomic mass is 16.5. The van der Waals surface area contributed by atoms with Crippen molar-refractivity contribution in [3.05, 3.63) is 53.8 Å². The summed E-state index contributed by atoms with van der Waals surface area (Å²) in [4.78, 5) is 12.4. The lowest BCUT2D eigenvalue weighted by atomic mass is 9.96. The second-order valence-corrected chi connectivity index (χ2v) is 7.49. The topological polar surface area (TPSA) is 60.7 Å². The zero-order chi connectivity index (χ0) is 21.8. The molecular weight excluding hydrogens is 378 g/mol. The lowest BCUT2D eigenvalue weighted by molar-refractivity contribution is -0.117. The Bertz CT molecular complexity index is 1090. The quantitative estimate of drug-likeness (QED) is 0.507. The van der Waals surface area contributed by atoms with Crippen molar-refractivity contribution < 1.29 is 18.7 Å². The molecule has 0 aliphatic heterocycles. The van der Waals surface area contributed by atoms with Crippen molar-refractivity contribution in [3.8, 4) is 22.6 Å². The predicted octanol–water partition coefficient (Wildman–Crippen LogP) is 5.74. The zero-order valence-electron chi connectivity index (χ0n) is 18.5. The molecule has 2 aromatic carbocycles. The Labute approximate surface area is 177 Å². The number of ether oxygens (including phenoxy) is 2. The van der Waals surface area contributed by atoms with Crippen LogP contribution in [0.1, 0.15) is 38.3 Å². The van der Waals surface area contributed by atoms with Crippen LogP contribution in [0.5, 0.6) is 11.5 Å². The average molecular weight is 408 g/mol. The molecule has 0 radical (unpaired) electrons. The molecule has 0 aliphatic rings. The number of fused-ring (bicyclic) bond motifs is 1. The number of allylic oxidation sites excluding steroid dienone is 1. The molecule has 1 atom stereocenters. The summed E-state index contributed by atoms with van der Waals surface area (Å²) in [7, 11) is 3.29. The number of furan rings is 1. The first-order valence-corrected chi connectivity index (χ1v) is 10.1. The number of methoxy groups -OCH3 is 2. The normalized spacial score (nSPS) is 12.7. The Morgan fingerprint density at radius 1 is 1.23 bits per heavy atom. The van der Waals surface area contributed by atoms with E-state index >= 15 is 0 Å². The van der Waals surface area contributed by atoms with E-state index in [9.17, 15) is 4.79 Å². The number of rotatable bonds is 7. The van der Waals surface area contributed by atoms with Gasteiger partial charge in [-0.3, -0.25) is 4.79 Å². The molecule has 0 spiro atoms. The Hall–Kier alpha value is -3.21. The van der Waals surface area contributed by atoms with E-state index in [-0.39, 0.29) is 11.9 Å². The summed E-state index contributed by atoms with van der Waals surface area (Å²) in [5, 5.41) is 3.94. The maximum atomic E-state index is 12.4. The van der Waals surface area contributed by atoms with Crippen molar-refractivity contribution in [2.24, 2.45) is 0 Å². The number of carbonyl (C=O) groups excluding carboxylic acids is 1. The fourth-order valence-corrected chi connectivity index (χ4v) is 3.55. The average Bonchev–Trinajstić information content (AvgIpc) is 3.17. The van der Waals surface area contributed by atoms with Gasteiger partial charge in [-0.05, 0) is 56.5 Å². The maximum absolute atomic E-state index is 12.4. The molecule has 1 unspecified atom stereocenters. The number of hydrogen-bond donors (Lipinski definition) is 1. The molecule has 30 heavy (non-hydrogen) atoms. The maximum Gasteiger partial charge on any atom is 0.244 e. The van der Waals surface area contributed by atoms with Gasteiger partial charge in [0.1, 0.15) is 17.1 Å². The van der Waals surface area contributed by atoms with Gasteiger partial charge in [0.25, 0.3) is 0 Å². The third-order valence-corrected chi connectivity index (χ3v) is 5.40. The Morgan fingerprint density at radius 3 is 2.67 bits per heavy atom. The molecule has 1 aromatic heterocycles. The van der Waals surface area contributed by atoms with Crippen molar-refractivity contribution in [1.29, 1.82) is 0 Å². The molecule has 3 rings (SSSR count). The lowest BCUT2D eigenvalue weighted by Crippen LogP contribution is -2.30. The SMILES string of the molecule is CCC(C)NC(=O)/C=C(\C)c1cc2c(-c3cccc(OC)c3)coc2c(C)c1OC. The van der Waals surface area contributed by atoms with Crippen LogP contribution in [0.4, 0.5) is 0 Å². The molecule has 5 heteroatoms. The van der Waals surface area contributed by atoms with E-state index in [1.165, 1.54) is 0 Å². The number of benzene rings is 2. The Kier molecular flexibility index (Phi) is 6.50. The minimum absolute atomic E-state index is 0.109. The summed E-state index contributed by atoms with van der Waals surface area (Å²) in [6.45, 7) is 7.92. The van der Waals surface area contributed by atoms with Crippen LogP contribution in [0.15, 0.2) is 47.1 Å². The first-order valence-electron chi connectivity index (χ1n) is 10.1. The van der Waals surface area contributed by atoms with Crippen molar-refractivity contribution in [2.45, 2.75) is 40.2 Å². The molecule has 0 saturated heterocycles. The van der Waals surface area contributed by atoms with Crippen LogP contribution >= 0.6 is 0 Å². The number of aryl methyl sites for hydroxylation is 1. The Balaban J connectivity index is 2.13. The minimum Gasteiger partial charge on any atom is -0.497 e. The van der Waals surface area contributed by atoms with E-state index in [2.05, 4.69) is 5.32 Å². The molecule has 0 saturated carbocycles. The third kappa shape index (κ3) is 4.20. The number of carbonyl (C=O) groups is 1. The van der Waals surface area contributed by atoms with Gasteiger partial charge >= 0.3 is 0 Å². The van der Waals surface area contributed by atoms with E-state index in [4.69, 9.17) is 13.9 Å². The summed E-state index contributed by atoms with van der Waals surface area (Å²) in [5.41, 5.74) is 5.33.